The topological polar surface area (TPSA) is 0 Å². The lowest BCUT2D eigenvalue weighted by Crippen LogP contribution is -2.25. The van der Waals surface area contributed by atoms with Crippen molar-refractivity contribution in [2.45, 2.75) is 46.0 Å². The van der Waals surface area contributed by atoms with Crippen LogP contribution < -0.4 is 0 Å². The standard InChI is InChI=1S/C15H22/c1-11(2)9-13-10-12-7-5-6-8-14(12)15(13,3)4/h5-8,11,13H,9-10H2,1-4H3. The summed E-state index contributed by atoms with van der Waals surface area (Å²) in [6.07, 6.45) is 2.63. The zero-order valence-electron chi connectivity index (χ0n) is 10.4. The van der Waals surface area contributed by atoms with Crippen molar-refractivity contribution < 1.29 is 0 Å². The Labute approximate surface area is 93.7 Å². The highest BCUT2D eigenvalue weighted by Gasteiger charge is 2.38. The Morgan fingerprint density at radius 1 is 1.27 bits per heavy atom. The molecule has 0 heteroatoms. The van der Waals surface area contributed by atoms with Crippen LogP contribution >= 0.6 is 0 Å². The fourth-order valence-electron chi connectivity index (χ4n) is 3.01. The number of rotatable bonds is 2. The normalized spacial score (nSPS) is 23.1. The molecule has 2 rings (SSSR count). The van der Waals surface area contributed by atoms with Crippen molar-refractivity contribution in [2.75, 3.05) is 0 Å². The number of hydrogen-bond donors (Lipinski definition) is 0. The van der Waals surface area contributed by atoms with Gasteiger partial charge >= 0.3 is 0 Å². The number of fused-ring (bicyclic) bond motifs is 1. The molecule has 0 nitrogen and oxygen atoms in total. The molecule has 0 saturated heterocycles. The Morgan fingerprint density at radius 2 is 1.93 bits per heavy atom. The highest BCUT2D eigenvalue weighted by Crippen LogP contribution is 2.45. The maximum Gasteiger partial charge on any atom is -0.00693 e. The molecule has 0 bridgehead atoms. The minimum absolute atomic E-state index is 0.376. The van der Waals surface area contributed by atoms with Crippen LogP contribution in [0.2, 0.25) is 0 Å². The molecule has 82 valence electrons. The van der Waals surface area contributed by atoms with Gasteiger partial charge in [-0.05, 0) is 41.2 Å². The molecule has 1 aromatic rings. The van der Waals surface area contributed by atoms with Crippen molar-refractivity contribution in [3.8, 4) is 0 Å². The summed E-state index contributed by atoms with van der Waals surface area (Å²) in [6, 6.07) is 8.97. The minimum atomic E-state index is 0.376. The van der Waals surface area contributed by atoms with E-state index in [1.807, 2.05) is 0 Å². The van der Waals surface area contributed by atoms with Crippen LogP contribution in [0.25, 0.3) is 0 Å². The zero-order chi connectivity index (χ0) is 11.1. The van der Waals surface area contributed by atoms with Crippen molar-refractivity contribution in [2.24, 2.45) is 11.8 Å². The third kappa shape index (κ3) is 1.82. The van der Waals surface area contributed by atoms with Crippen LogP contribution in [0.15, 0.2) is 24.3 Å². The Balaban J connectivity index is 2.30. The molecule has 1 aliphatic carbocycles. The Hall–Kier alpha value is -0.780. The van der Waals surface area contributed by atoms with Crippen molar-refractivity contribution in [1.82, 2.24) is 0 Å². The van der Waals surface area contributed by atoms with E-state index in [1.165, 1.54) is 12.8 Å². The minimum Gasteiger partial charge on any atom is -0.0628 e. The molecular weight excluding hydrogens is 180 g/mol. The highest BCUT2D eigenvalue weighted by molar-refractivity contribution is 5.39. The third-order valence-corrected chi connectivity index (χ3v) is 3.95. The molecule has 0 N–H and O–H groups in total. The Bertz CT molecular complexity index is 347. The molecule has 0 spiro atoms. The van der Waals surface area contributed by atoms with Crippen LogP contribution in [-0.4, -0.2) is 0 Å². The van der Waals surface area contributed by atoms with Crippen molar-refractivity contribution in [3.05, 3.63) is 35.4 Å². The molecule has 1 aromatic carbocycles. The van der Waals surface area contributed by atoms with Crippen LogP contribution in [0.1, 0.15) is 45.2 Å². The van der Waals surface area contributed by atoms with Crippen LogP contribution in [0.5, 0.6) is 0 Å². The van der Waals surface area contributed by atoms with E-state index in [0.29, 0.717) is 5.41 Å². The molecule has 1 atom stereocenters. The van der Waals surface area contributed by atoms with Gasteiger partial charge in [-0.2, -0.15) is 0 Å². The molecular formula is C15H22. The van der Waals surface area contributed by atoms with Crippen molar-refractivity contribution in [1.29, 1.82) is 0 Å². The molecule has 1 unspecified atom stereocenters. The molecule has 0 aromatic heterocycles. The summed E-state index contributed by atoms with van der Waals surface area (Å²) in [5.74, 6) is 1.64. The molecule has 15 heavy (non-hydrogen) atoms. The Kier molecular flexibility index (Phi) is 2.62. The summed E-state index contributed by atoms with van der Waals surface area (Å²) in [5.41, 5.74) is 3.53. The largest absolute Gasteiger partial charge is 0.0628 e. The van der Waals surface area contributed by atoms with E-state index in [0.717, 1.165) is 11.8 Å². The summed E-state index contributed by atoms with van der Waals surface area (Å²) < 4.78 is 0. The van der Waals surface area contributed by atoms with Gasteiger partial charge in [0.2, 0.25) is 0 Å². The van der Waals surface area contributed by atoms with Gasteiger partial charge in [-0.15, -0.1) is 0 Å². The van der Waals surface area contributed by atoms with E-state index in [-0.39, 0.29) is 0 Å². The van der Waals surface area contributed by atoms with Gasteiger partial charge in [-0.3, -0.25) is 0 Å². The van der Waals surface area contributed by atoms with Crippen LogP contribution in [-0.2, 0) is 11.8 Å². The van der Waals surface area contributed by atoms with E-state index in [9.17, 15) is 0 Å². The van der Waals surface area contributed by atoms with Crippen LogP contribution in [0.3, 0.4) is 0 Å². The second-order valence-corrected chi connectivity index (χ2v) is 5.91. The van der Waals surface area contributed by atoms with Gasteiger partial charge in [0.25, 0.3) is 0 Å². The average molecular weight is 202 g/mol. The quantitative estimate of drug-likeness (QED) is 0.675. The fraction of sp³-hybridized carbons (Fsp3) is 0.600. The first-order valence-electron chi connectivity index (χ1n) is 6.10. The van der Waals surface area contributed by atoms with Crippen molar-refractivity contribution >= 4 is 0 Å². The first-order valence-corrected chi connectivity index (χ1v) is 6.10. The van der Waals surface area contributed by atoms with Gasteiger partial charge < -0.3 is 0 Å². The highest BCUT2D eigenvalue weighted by atomic mass is 14.4. The van der Waals surface area contributed by atoms with E-state index < -0.39 is 0 Å². The predicted molar refractivity (Wildman–Crippen MR) is 66.1 cm³/mol. The second kappa shape index (κ2) is 3.66. The first-order chi connectivity index (χ1) is 7.01. The molecule has 0 saturated carbocycles. The lowest BCUT2D eigenvalue weighted by Gasteiger charge is -2.29. The van der Waals surface area contributed by atoms with Gasteiger partial charge in [-0.25, -0.2) is 0 Å². The third-order valence-electron chi connectivity index (χ3n) is 3.95. The first kappa shape index (κ1) is 10.7. The SMILES string of the molecule is CC(C)CC1Cc2ccccc2C1(C)C. The maximum atomic E-state index is 2.41. The average Bonchev–Trinajstić information content (AvgIpc) is 2.39. The monoisotopic (exact) mass is 202 g/mol. The van der Waals surface area contributed by atoms with Gasteiger partial charge in [0.05, 0.1) is 0 Å². The lowest BCUT2D eigenvalue weighted by molar-refractivity contribution is 0.293. The summed E-state index contributed by atoms with van der Waals surface area (Å²) in [6.45, 7) is 9.48. The van der Waals surface area contributed by atoms with E-state index in [1.54, 1.807) is 11.1 Å². The lowest BCUT2D eigenvalue weighted by atomic mass is 9.75. The molecule has 0 radical (unpaired) electrons. The summed E-state index contributed by atoms with van der Waals surface area (Å²) in [4.78, 5) is 0. The smallest absolute Gasteiger partial charge is 0.00693 e. The van der Waals surface area contributed by atoms with Crippen LogP contribution in [0, 0.1) is 11.8 Å². The molecule has 0 fully saturated rings. The fourth-order valence-corrected chi connectivity index (χ4v) is 3.01. The van der Waals surface area contributed by atoms with Gasteiger partial charge in [-0.1, -0.05) is 52.0 Å². The molecule has 0 amide bonds. The van der Waals surface area contributed by atoms with E-state index in [4.69, 9.17) is 0 Å². The number of benzene rings is 1. The predicted octanol–water partition coefficient (Wildman–Crippen LogP) is 4.18. The second-order valence-electron chi connectivity index (χ2n) is 5.91. The molecule has 0 heterocycles. The van der Waals surface area contributed by atoms with E-state index >= 15 is 0 Å². The van der Waals surface area contributed by atoms with Gasteiger partial charge in [0.15, 0.2) is 0 Å². The Morgan fingerprint density at radius 3 is 2.53 bits per heavy atom. The summed E-state index contributed by atoms with van der Waals surface area (Å²) in [5, 5.41) is 0. The van der Waals surface area contributed by atoms with Gasteiger partial charge in [0.1, 0.15) is 0 Å². The zero-order valence-corrected chi connectivity index (χ0v) is 10.4. The number of hydrogen-bond acceptors (Lipinski definition) is 0. The summed E-state index contributed by atoms with van der Waals surface area (Å²) in [7, 11) is 0. The molecule has 0 aliphatic heterocycles. The summed E-state index contributed by atoms with van der Waals surface area (Å²) >= 11 is 0. The van der Waals surface area contributed by atoms with Crippen molar-refractivity contribution in [3.63, 3.8) is 0 Å². The maximum absolute atomic E-state index is 2.41. The van der Waals surface area contributed by atoms with Crippen LogP contribution in [0.4, 0.5) is 0 Å². The van der Waals surface area contributed by atoms with E-state index in [2.05, 4.69) is 52.0 Å². The van der Waals surface area contributed by atoms with Gasteiger partial charge in [0, 0.05) is 0 Å². The molecule has 1 aliphatic rings.